The van der Waals surface area contributed by atoms with Crippen LogP contribution in [-0.4, -0.2) is 70.2 Å². The van der Waals surface area contributed by atoms with Crippen molar-refractivity contribution in [3.05, 3.63) is 47.7 Å². The third kappa shape index (κ3) is 5.95. The van der Waals surface area contributed by atoms with Crippen LogP contribution in [0.4, 0.5) is 29.7 Å². The molecule has 1 aromatic carbocycles. The fourth-order valence-electron chi connectivity index (χ4n) is 4.83. The van der Waals surface area contributed by atoms with Crippen molar-refractivity contribution >= 4 is 17.9 Å². The lowest BCUT2D eigenvalue weighted by Gasteiger charge is -2.44. The Morgan fingerprint density at radius 1 is 1.11 bits per heavy atom. The van der Waals surface area contributed by atoms with E-state index in [0.717, 1.165) is 32.5 Å². The number of anilines is 2. The Bertz CT molecular complexity index is 1000. The van der Waals surface area contributed by atoms with Gasteiger partial charge in [0, 0.05) is 38.9 Å². The lowest BCUT2D eigenvalue weighted by Crippen LogP contribution is -2.59. The number of amides is 1. The minimum Gasteiger partial charge on any atom is -0.446 e. The lowest BCUT2D eigenvalue weighted by molar-refractivity contribution is -0.137. The van der Waals surface area contributed by atoms with Crippen LogP contribution in [0.2, 0.25) is 0 Å². The summed E-state index contributed by atoms with van der Waals surface area (Å²) in [6.45, 7) is 7.07. The Morgan fingerprint density at radius 3 is 2.31 bits per heavy atom. The highest BCUT2D eigenvalue weighted by Crippen LogP contribution is 2.33. The number of nitrogen functional groups attached to an aromatic ring is 1. The number of hydrogen-bond donors (Lipinski definition) is 1. The summed E-state index contributed by atoms with van der Waals surface area (Å²) in [4.78, 5) is 26.6. The minimum atomic E-state index is -4.61. The Hall–Kier alpha value is -3.08. The van der Waals surface area contributed by atoms with E-state index in [0.29, 0.717) is 19.3 Å². The Balaban J connectivity index is 1.30. The number of halogens is 3. The Morgan fingerprint density at radius 2 is 1.74 bits per heavy atom. The number of carbonyl (C=O) groups is 1. The highest BCUT2D eigenvalue weighted by atomic mass is 19.4. The van der Waals surface area contributed by atoms with Gasteiger partial charge in [-0.05, 0) is 32.3 Å². The van der Waals surface area contributed by atoms with Gasteiger partial charge in [0.15, 0.2) is 0 Å². The number of ether oxygens (including phenoxy) is 1. The van der Waals surface area contributed by atoms with Crippen LogP contribution in [0.3, 0.4) is 0 Å². The summed E-state index contributed by atoms with van der Waals surface area (Å²) >= 11 is 0. The molecule has 3 heterocycles. The summed E-state index contributed by atoms with van der Waals surface area (Å²) < 4.78 is 44.7. The molecule has 2 saturated heterocycles. The van der Waals surface area contributed by atoms with Gasteiger partial charge in [0.05, 0.1) is 12.1 Å². The smallest absolute Gasteiger partial charge is 0.421 e. The summed E-state index contributed by atoms with van der Waals surface area (Å²) in [5, 5.41) is 0. The minimum absolute atomic E-state index is 0.119. The van der Waals surface area contributed by atoms with Crippen LogP contribution in [0.1, 0.15) is 37.8 Å². The first-order chi connectivity index (χ1) is 16.6. The van der Waals surface area contributed by atoms with Crippen LogP contribution in [0.5, 0.6) is 0 Å². The zero-order valence-electron chi connectivity index (χ0n) is 19.9. The second-order valence-electron chi connectivity index (χ2n) is 9.32. The normalized spacial score (nSPS) is 22.3. The first-order valence-corrected chi connectivity index (χ1v) is 11.8. The van der Waals surface area contributed by atoms with Crippen LogP contribution < -0.4 is 10.6 Å². The molecule has 1 aromatic heterocycles. The number of piperazine rings is 1. The average molecular weight is 493 g/mol. The monoisotopic (exact) mass is 492 g/mol. The number of alkyl halides is 3. The quantitative estimate of drug-likeness (QED) is 0.695. The predicted octanol–water partition coefficient (Wildman–Crippen LogP) is 3.78. The third-order valence-electron chi connectivity index (χ3n) is 6.57. The topological polar surface area (TPSA) is 87.8 Å². The summed E-state index contributed by atoms with van der Waals surface area (Å²) in [5.74, 6) is -0.490. The maximum atomic E-state index is 13.0. The number of piperidine rings is 1. The second-order valence-corrected chi connectivity index (χ2v) is 9.32. The number of carbonyl (C=O) groups excluding carboxylic acids is 1. The molecule has 4 rings (SSSR count). The van der Waals surface area contributed by atoms with Crippen LogP contribution in [-0.2, 0) is 17.5 Å². The van der Waals surface area contributed by atoms with Gasteiger partial charge < -0.3 is 15.4 Å². The van der Waals surface area contributed by atoms with Crippen LogP contribution >= 0.6 is 0 Å². The van der Waals surface area contributed by atoms with Crippen molar-refractivity contribution in [2.24, 2.45) is 0 Å². The van der Waals surface area contributed by atoms with E-state index in [1.807, 2.05) is 32.0 Å². The average Bonchev–Trinajstić information content (AvgIpc) is 2.79. The molecule has 190 valence electrons. The van der Waals surface area contributed by atoms with E-state index in [2.05, 4.69) is 27.0 Å². The van der Waals surface area contributed by atoms with Gasteiger partial charge >= 0.3 is 12.3 Å². The number of nitrogens with two attached hydrogens (primary N) is 1. The van der Waals surface area contributed by atoms with E-state index in [1.54, 1.807) is 9.80 Å². The van der Waals surface area contributed by atoms with Crippen LogP contribution in [0.15, 0.2) is 36.5 Å². The first-order valence-electron chi connectivity index (χ1n) is 11.8. The maximum Gasteiger partial charge on any atom is 0.421 e. The SMILES string of the molecule is C[C@@H]1CN(c2ncc(C(F)(F)F)c(N)n2)C[C@H](C)N1C(=O)OC1CCN(Cc2ccccc2)CC1. The van der Waals surface area contributed by atoms with Crippen molar-refractivity contribution < 1.29 is 22.7 Å². The molecule has 1 amide bonds. The van der Waals surface area contributed by atoms with E-state index < -0.39 is 17.6 Å². The van der Waals surface area contributed by atoms with Gasteiger partial charge in [0.1, 0.15) is 17.5 Å². The molecule has 2 aliphatic rings. The zero-order valence-corrected chi connectivity index (χ0v) is 19.9. The summed E-state index contributed by atoms with van der Waals surface area (Å²) in [6.07, 6.45) is -2.84. The standard InChI is InChI=1S/C24H31F3N6O2/c1-16-13-32(22-29-12-20(21(28)30-22)24(25,26)27)14-17(2)33(16)23(34)35-19-8-10-31(11-9-19)15-18-6-4-3-5-7-18/h3-7,12,16-17,19H,8-11,13-15H2,1-2H3,(H2,28,29,30)/t16-,17+. The van der Waals surface area contributed by atoms with Gasteiger partial charge in [-0.1, -0.05) is 30.3 Å². The van der Waals surface area contributed by atoms with Crippen molar-refractivity contribution in [3.63, 3.8) is 0 Å². The molecule has 8 nitrogen and oxygen atoms in total. The predicted molar refractivity (Wildman–Crippen MR) is 126 cm³/mol. The molecule has 11 heteroatoms. The summed E-state index contributed by atoms with van der Waals surface area (Å²) in [6, 6.07) is 9.81. The number of nitrogens with zero attached hydrogens (tertiary/aromatic N) is 5. The highest BCUT2D eigenvalue weighted by molar-refractivity contribution is 5.69. The largest absolute Gasteiger partial charge is 0.446 e. The fraction of sp³-hybridized carbons (Fsp3) is 0.542. The van der Waals surface area contributed by atoms with Gasteiger partial charge in [-0.15, -0.1) is 0 Å². The third-order valence-corrected chi connectivity index (χ3v) is 6.57. The van der Waals surface area contributed by atoms with Crippen LogP contribution in [0.25, 0.3) is 0 Å². The van der Waals surface area contributed by atoms with Crippen molar-refractivity contribution in [2.75, 3.05) is 36.8 Å². The molecule has 0 unspecified atom stereocenters. The molecule has 0 radical (unpaired) electrons. The van der Waals surface area contributed by atoms with E-state index in [-0.39, 0.29) is 30.2 Å². The Kier molecular flexibility index (Phi) is 7.34. The summed E-state index contributed by atoms with van der Waals surface area (Å²) in [5.41, 5.74) is 5.74. The molecular weight excluding hydrogens is 461 g/mol. The molecule has 2 aromatic rings. The van der Waals surface area contributed by atoms with E-state index in [1.165, 1.54) is 5.56 Å². The Labute approximate surface area is 202 Å². The lowest BCUT2D eigenvalue weighted by atomic mass is 10.1. The molecule has 0 saturated carbocycles. The molecule has 0 bridgehead atoms. The van der Waals surface area contributed by atoms with Crippen molar-refractivity contribution in [3.8, 4) is 0 Å². The van der Waals surface area contributed by atoms with Gasteiger partial charge in [-0.25, -0.2) is 9.78 Å². The molecule has 35 heavy (non-hydrogen) atoms. The number of likely N-dealkylation sites (tertiary alicyclic amines) is 1. The fourth-order valence-corrected chi connectivity index (χ4v) is 4.83. The number of hydrogen-bond acceptors (Lipinski definition) is 7. The van der Waals surface area contributed by atoms with Crippen molar-refractivity contribution in [1.82, 2.24) is 19.8 Å². The van der Waals surface area contributed by atoms with Crippen molar-refractivity contribution in [1.29, 1.82) is 0 Å². The molecule has 0 aliphatic carbocycles. The number of aromatic nitrogens is 2. The first kappa shape index (κ1) is 25.0. The zero-order chi connectivity index (χ0) is 25.2. The van der Waals surface area contributed by atoms with Crippen molar-refractivity contribution in [2.45, 2.75) is 57.6 Å². The maximum absolute atomic E-state index is 13.0. The van der Waals surface area contributed by atoms with Gasteiger partial charge in [-0.2, -0.15) is 18.2 Å². The molecule has 2 aliphatic heterocycles. The molecule has 2 atom stereocenters. The van der Waals surface area contributed by atoms with Gasteiger partial charge in [-0.3, -0.25) is 9.80 Å². The highest BCUT2D eigenvalue weighted by Gasteiger charge is 2.38. The van der Waals surface area contributed by atoms with E-state index in [4.69, 9.17) is 10.5 Å². The van der Waals surface area contributed by atoms with E-state index >= 15 is 0 Å². The molecule has 2 fully saturated rings. The summed E-state index contributed by atoms with van der Waals surface area (Å²) in [7, 11) is 0. The van der Waals surface area contributed by atoms with Crippen LogP contribution in [0, 0.1) is 0 Å². The van der Waals surface area contributed by atoms with Gasteiger partial charge in [0.25, 0.3) is 0 Å². The number of benzene rings is 1. The molecule has 2 N–H and O–H groups in total. The molecular formula is C24H31F3N6O2. The van der Waals surface area contributed by atoms with Gasteiger partial charge in [0.2, 0.25) is 5.95 Å². The second kappa shape index (κ2) is 10.3. The molecule has 0 spiro atoms. The number of rotatable bonds is 4. The van der Waals surface area contributed by atoms with E-state index in [9.17, 15) is 18.0 Å².